The molecular formula is C31H38N2O14P4. The number of hydrogen-bond donors (Lipinski definition) is 6. The number of pyridine rings is 2. The molecule has 4 aromatic rings. The average molecular weight is 787 g/mol. The van der Waals surface area contributed by atoms with Crippen molar-refractivity contribution >= 4 is 35.7 Å². The van der Waals surface area contributed by atoms with Gasteiger partial charge in [0.2, 0.25) is 14.7 Å². The summed E-state index contributed by atoms with van der Waals surface area (Å²) in [5.41, 5.74) is 3.28. The van der Waals surface area contributed by atoms with Crippen LogP contribution in [-0.2, 0) is 31.3 Å². The molecule has 6 unspecified atom stereocenters. The van der Waals surface area contributed by atoms with Crippen LogP contribution in [0.5, 0.6) is 5.75 Å². The number of Topliss-reactive ketones (excluding diaryl/α,β-unsaturated/α-hetero) is 1. The van der Waals surface area contributed by atoms with Crippen LogP contribution in [0.3, 0.4) is 0 Å². The monoisotopic (exact) mass is 786 g/mol. The van der Waals surface area contributed by atoms with Gasteiger partial charge in [0.1, 0.15) is 5.75 Å². The Labute approximate surface area is 293 Å². The maximum atomic E-state index is 11.9. The fourth-order valence-electron chi connectivity index (χ4n) is 4.68. The lowest BCUT2D eigenvalue weighted by Crippen LogP contribution is -2.49. The zero-order valence-corrected chi connectivity index (χ0v) is 31.4. The van der Waals surface area contributed by atoms with Crippen molar-refractivity contribution in [3.63, 3.8) is 0 Å². The Balaban J connectivity index is 0.000000276. The van der Waals surface area contributed by atoms with Gasteiger partial charge in [-0.1, -0.05) is 36.4 Å². The van der Waals surface area contributed by atoms with Crippen LogP contribution in [-0.4, -0.2) is 66.2 Å². The Morgan fingerprint density at radius 3 is 1.47 bits per heavy atom. The molecule has 0 spiro atoms. The van der Waals surface area contributed by atoms with Crippen molar-refractivity contribution in [1.82, 2.24) is 0 Å². The topological polar surface area (TPSA) is 270 Å². The first-order valence-corrected chi connectivity index (χ1v) is 22.1. The molecule has 4 rings (SSSR count). The average Bonchev–Trinajstić information content (AvgIpc) is 3.03. The van der Waals surface area contributed by atoms with E-state index in [0.29, 0.717) is 41.3 Å². The maximum absolute atomic E-state index is 11.9. The third kappa shape index (κ3) is 10.0. The second-order valence-electron chi connectivity index (χ2n) is 11.7. The molecule has 0 aliphatic heterocycles. The van der Waals surface area contributed by atoms with E-state index >= 15 is 0 Å². The predicted octanol–water partition coefficient (Wildman–Crippen LogP) is 1.68. The van der Waals surface area contributed by atoms with Crippen molar-refractivity contribution in [2.24, 2.45) is 0 Å². The van der Waals surface area contributed by atoms with Gasteiger partial charge in [-0.15, -0.1) is 0 Å². The lowest BCUT2D eigenvalue weighted by molar-refractivity contribution is -0.703. The van der Waals surface area contributed by atoms with Crippen LogP contribution in [0, 0.1) is 0 Å². The standard InChI is InChI=1S/C16H19NO7P2.C15H19NO7P2/c1-12(18)13-5-7-14(8-6-13)15-4-3-9-17(10-15)11-16(19,25(2,20)21)26(22,23)24;1-23-14-7-3-5-12(9-14)13-6-4-8-16(10-13)11-15(17,24(2,18)19)25(20,21)22/h3-10,19H,11H2,1-2H3,(H2-,20,21,22,23,24);3-10,17H,11H2,1-2H3,(H2-,18,19,20,21,22). The molecule has 0 radical (unpaired) electrons. The molecule has 2 aromatic heterocycles. The summed E-state index contributed by atoms with van der Waals surface area (Å²) in [5, 5.41) is 14.0. The molecular weight excluding hydrogens is 748 g/mol. The number of nitrogens with zero attached hydrogens (tertiary/aromatic N) is 2. The first-order valence-electron chi connectivity index (χ1n) is 14.7. The molecule has 2 heterocycles. The molecule has 0 fully saturated rings. The quantitative estimate of drug-likeness (QED) is 0.0678. The molecule has 276 valence electrons. The molecule has 16 nitrogen and oxygen atoms in total. The Kier molecular flexibility index (Phi) is 13.1. The van der Waals surface area contributed by atoms with E-state index < -0.39 is 53.2 Å². The first kappa shape index (κ1) is 42.2. The molecule has 0 bridgehead atoms. The molecule has 0 amide bonds. The van der Waals surface area contributed by atoms with Gasteiger partial charge in [-0.05, 0) is 42.3 Å². The molecule has 0 aliphatic rings. The lowest BCUT2D eigenvalue weighted by atomic mass is 10.0. The number of hydrogen-bond acceptors (Lipinski definition) is 10. The highest BCUT2D eigenvalue weighted by Crippen LogP contribution is 2.66. The smallest absolute Gasteiger partial charge is 0.263 e. The van der Waals surface area contributed by atoms with E-state index in [1.54, 1.807) is 72.8 Å². The van der Waals surface area contributed by atoms with E-state index in [9.17, 15) is 62.6 Å². The van der Waals surface area contributed by atoms with Gasteiger partial charge in [0.05, 0.1) is 7.11 Å². The molecule has 0 saturated carbocycles. The summed E-state index contributed by atoms with van der Waals surface area (Å²) < 4.78 is 54.3. The number of ketones is 1. The van der Waals surface area contributed by atoms with Crippen LogP contribution < -0.4 is 23.7 Å². The van der Waals surface area contributed by atoms with Gasteiger partial charge in [0, 0.05) is 42.2 Å². The van der Waals surface area contributed by atoms with Crippen molar-refractivity contribution in [3.05, 3.63) is 103 Å². The van der Waals surface area contributed by atoms with Gasteiger partial charge in [0.25, 0.3) is 10.2 Å². The number of rotatable bonds is 12. The third-order valence-corrected chi connectivity index (χ3v) is 16.5. The summed E-state index contributed by atoms with van der Waals surface area (Å²) in [4.78, 5) is 72.2. The first-order chi connectivity index (χ1) is 23.3. The minimum absolute atomic E-state index is 0.0828. The normalized spacial score (nSPS) is 18.5. The number of ether oxygens (including phenoxy) is 1. The molecule has 51 heavy (non-hydrogen) atoms. The van der Waals surface area contributed by atoms with Crippen molar-refractivity contribution < 1.29 is 76.5 Å². The van der Waals surface area contributed by atoms with Gasteiger partial charge in [-0.25, -0.2) is 9.13 Å². The van der Waals surface area contributed by atoms with Gasteiger partial charge >= 0.3 is 0 Å². The van der Waals surface area contributed by atoms with Crippen molar-refractivity contribution in [2.75, 3.05) is 20.4 Å². The zero-order valence-electron chi connectivity index (χ0n) is 27.8. The Morgan fingerprint density at radius 1 is 0.686 bits per heavy atom. The number of aliphatic hydroxyl groups is 2. The van der Waals surface area contributed by atoms with E-state index in [-0.39, 0.29) is 5.78 Å². The predicted molar refractivity (Wildman–Crippen MR) is 182 cm³/mol. The Morgan fingerprint density at radius 2 is 1.10 bits per heavy atom. The summed E-state index contributed by atoms with van der Waals surface area (Å²) in [6.45, 7) is 1.17. The molecule has 6 atom stereocenters. The van der Waals surface area contributed by atoms with Gasteiger partial charge in [0.15, 0.2) is 58.9 Å². The minimum Gasteiger partial charge on any atom is -0.776 e. The second-order valence-corrected chi connectivity index (χ2v) is 21.0. The summed E-state index contributed by atoms with van der Waals surface area (Å²) >= 11 is 0. The molecule has 0 saturated heterocycles. The van der Waals surface area contributed by atoms with Crippen LogP contribution >= 0.6 is 29.9 Å². The van der Waals surface area contributed by atoms with Gasteiger partial charge in [-0.2, -0.15) is 0 Å². The number of aromatic nitrogens is 2. The van der Waals surface area contributed by atoms with Crippen molar-refractivity contribution in [1.29, 1.82) is 0 Å². The van der Waals surface area contributed by atoms with E-state index in [2.05, 4.69) is 0 Å². The van der Waals surface area contributed by atoms with Crippen LogP contribution in [0.15, 0.2) is 97.6 Å². The summed E-state index contributed by atoms with van der Waals surface area (Å²) in [6, 6.07) is 20.4. The molecule has 0 aliphatic carbocycles. The van der Waals surface area contributed by atoms with Gasteiger partial charge in [-0.3, -0.25) is 13.9 Å². The zero-order chi connectivity index (χ0) is 38.6. The van der Waals surface area contributed by atoms with E-state index in [1.165, 1.54) is 48.0 Å². The van der Waals surface area contributed by atoms with Crippen molar-refractivity contribution in [3.8, 4) is 28.0 Å². The maximum Gasteiger partial charge on any atom is 0.263 e. The van der Waals surface area contributed by atoms with E-state index in [0.717, 1.165) is 5.56 Å². The van der Waals surface area contributed by atoms with E-state index in [4.69, 9.17) is 4.74 Å². The highest BCUT2D eigenvalue weighted by molar-refractivity contribution is 7.74. The summed E-state index contributed by atoms with van der Waals surface area (Å²) in [5.74, 6) is 0.540. The fraction of sp³-hybridized carbons (Fsp3) is 0.258. The number of benzene rings is 2. The summed E-state index contributed by atoms with van der Waals surface area (Å²) in [6.07, 6.45) is 5.76. The number of carbonyl (C=O) groups is 1. The summed E-state index contributed by atoms with van der Waals surface area (Å²) in [7, 11) is -18.7. The molecule has 20 heteroatoms. The highest BCUT2D eigenvalue weighted by Gasteiger charge is 2.55. The van der Waals surface area contributed by atoms with E-state index in [1.807, 2.05) is 0 Å². The van der Waals surface area contributed by atoms with Crippen LogP contribution in [0.4, 0.5) is 0 Å². The Hall–Kier alpha value is -3.19. The largest absolute Gasteiger partial charge is 0.776 e. The highest BCUT2D eigenvalue weighted by atomic mass is 31.2. The lowest BCUT2D eigenvalue weighted by Gasteiger charge is -2.35. The minimum atomic E-state index is -5.55. The molecule has 2 aromatic carbocycles. The van der Waals surface area contributed by atoms with Crippen LogP contribution in [0.2, 0.25) is 0 Å². The van der Waals surface area contributed by atoms with Crippen LogP contribution in [0.25, 0.3) is 22.3 Å². The number of methoxy groups -OCH3 is 1. The van der Waals surface area contributed by atoms with Crippen molar-refractivity contribution in [2.45, 2.75) is 30.2 Å². The SMILES string of the molecule is CC(=O)c1ccc(-c2ccc[n+](CC(O)(P(C)(=O)O)P(=O)([O-])O)c2)cc1.COc1cccc(-c2ccc[n+](CC(O)(P(C)(=O)O)P(=O)([O-])O)c2)c1. The van der Waals surface area contributed by atoms with Crippen LogP contribution in [0.1, 0.15) is 17.3 Å². The Bertz CT molecular complexity index is 2020. The van der Waals surface area contributed by atoms with Gasteiger partial charge < -0.3 is 53.4 Å². The third-order valence-electron chi connectivity index (χ3n) is 7.77. The number of carbonyl (C=O) groups excluding carboxylic acids is 1. The second kappa shape index (κ2) is 15.8. The fourth-order valence-corrected chi connectivity index (χ4v) is 9.97. The molecule has 6 N–H and O–H groups in total.